The largest absolute Gasteiger partial charge is 0.598 e. The molecule has 0 aliphatic heterocycles. The number of aromatic nitrogens is 1. The number of nitrogens with zero attached hydrogens (tertiary/aromatic N) is 1. The average molecular weight is 417 g/mol. The van der Waals surface area contributed by atoms with E-state index in [1.165, 1.54) is 0 Å². The smallest absolute Gasteiger partial charge is 0.192 e. The summed E-state index contributed by atoms with van der Waals surface area (Å²) in [6, 6.07) is 3.91. The molecule has 0 aliphatic carbocycles. The molecule has 1 aromatic heterocycles. The molecule has 26 heavy (non-hydrogen) atoms. The summed E-state index contributed by atoms with van der Waals surface area (Å²) in [6.07, 6.45) is 1.89. The van der Waals surface area contributed by atoms with Crippen LogP contribution >= 0.6 is 11.8 Å². The summed E-state index contributed by atoms with van der Waals surface area (Å²) in [5.41, 5.74) is 0.877. The van der Waals surface area contributed by atoms with Crippen molar-refractivity contribution in [3.8, 4) is 0 Å². The van der Waals surface area contributed by atoms with E-state index in [0.717, 1.165) is 16.3 Å². The Morgan fingerprint density at radius 1 is 1.23 bits per heavy atom. The molecule has 4 nitrogen and oxygen atoms in total. The molecule has 0 spiro atoms. The summed E-state index contributed by atoms with van der Waals surface area (Å²) in [7, 11) is -1.89. The predicted molar refractivity (Wildman–Crippen MR) is 118 cm³/mol. The second kappa shape index (κ2) is 9.43. The summed E-state index contributed by atoms with van der Waals surface area (Å²) in [4.78, 5) is 5.76. The lowest BCUT2D eigenvalue weighted by Crippen LogP contribution is -2.46. The lowest BCUT2D eigenvalue weighted by molar-refractivity contribution is 0.254. The third-order valence-electron chi connectivity index (χ3n) is 4.65. The summed E-state index contributed by atoms with van der Waals surface area (Å²) in [5, 5.41) is 0.135. The standard InChI is InChI=1S/C19H36N2O2S2Si/c1-10-24-15-11-12-16(20-13-15)17(21-25(22)18(2,3)4)14-23-26(8,9)19(5,6)7/h11-13,17,21H,10,14H2,1-9H3/t17?,25-/m1/s1. The van der Waals surface area contributed by atoms with E-state index in [1.807, 2.05) is 33.0 Å². The first-order valence-electron chi connectivity index (χ1n) is 9.18. The van der Waals surface area contributed by atoms with Crippen molar-refractivity contribution in [3.05, 3.63) is 24.0 Å². The second-order valence-corrected chi connectivity index (χ2v) is 17.1. The lowest BCUT2D eigenvalue weighted by atomic mass is 10.2. The molecule has 1 unspecified atom stereocenters. The molecule has 0 radical (unpaired) electrons. The maximum Gasteiger partial charge on any atom is 0.192 e. The molecule has 1 rings (SSSR count). The Kier molecular flexibility index (Phi) is 8.70. The van der Waals surface area contributed by atoms with Gasteiger partial charge in [0.25, 0.3) is 0 Å². The van der Waals surface area contributed by atoms with E-state index in [-0.39, 0.29) is 15.8 Å². The van der Waals surface area contributed by atoms with Crippen LogP contribution in [0.3, 0.4) is 0 Å². The molecule has 0 fully saturated rings. The van der Waals surface area contributed by atoms with Gasteiger partial charge in [-0.25, -0.2) is 0 Å². The van der Waals surface area contributed by atoms with Crippen LogP contribution in [0.1, 0.15) is 60.2 Å². The number of hydrogen-bond acceptors (Lipinski definition) is 5. The minimum absolute atomic E-state index is 0.135. The van der Waals surface area contributed by atoms with Crippen molar-refractivity contribution < 1.29 is 8.98 Å². The highest BCUT2D eigenvalue weighted by Gasteiger charge is 2.39. The van der Waals surface area contributed by atoms with Crippen molar-refractivity contribution in [2.75, 3.05) is 12.4 Å². The minimum atomic E-state index is -1.89. The van der Waals surface area contributed by atoms with Crippen molar-refractivity contribution in [3.63, 3.8) is 0 Å². The van der Waals surface area contributed by atoms with Gasteiger partial charge < -0.3 is 8.98 Å². The fraction of sp³-hybridized carbons (Fsp3) is 0.737. The zero-order chi connectivity index (χ0) is 20.2. The van der Waals surface area contributed by atoms with Crippen LogP contribution in [0.15, 0.2) is 23.2 Å². The Morgan fingerprint density at radius 2 is 1.85 bits per heavy atom. The Bertz CT molecular complexity index is 554. The Balaban J connectivity index is 2.98. The van der Waals surface area contributed by atoms with Gasteiger partial charge in [-0.15, -0.1) is 16.5 Å². The molecule has 0 aliphatic rings. The first-order valence-corrected chi connectivity index (χ1v) is 14.2. The van der Waals surface area contributed by atoms with Gasteiger partial charge in [0, 0.05) is 22.5 Å². The van der Waals surface area contributed by atoms with Crippen LogP contribution in [0.4, 0.5) is 0 Å². The van der Waals surface area contributed by atoms with Crippen LogP contribution in [-0.4, -0.2) is 35.0 Å². The summed E-state index contributed by atoms with van der Waals surface area (Å²) < 4.78 is 22.0. The van der Waals surface area contributed by atoms with Gasteiger partial charge in [0.15, 0.2) is 8.32 Å². The third-order valence-corrected chi connectivity index (χ3v) is 11.6. The molecule has 2 atom stereocenters. The SMILES string of the molecule is CCSc1ccc(C(CO[Si](C)(C)C(C)(C)C)N[S@+]([O-])C(C)(C)C)nc1. The number of thioether (sulfide) groups is 1. The van der Waals surface area contributed by atoms with E-state index in [9.17, 15) is 4.55 Å². The van der Waals surface area contributed by atoms with Crippen molar-refractivity contribution in [2.24, 2.45) is 0 Å². The van der Waals surface area contributed by atoms with Crippen LogP contribution < -0.4 is 4.72 Å². The van der Waals surface area contributed by atoms with Crippen molar-refractivity contribution in [1.29, 1.82) is 0 Å². The van der Waals surface area contributed by atoms with E-state index in [0.29, 0.717) is 6.61 Å². The third kappa shape index (κ3) is 7.17. The first kappa shape index (κ1) is 24.0. The van der Waals surface area contributed by atoms with Gasteiger partial charge in [-0.05, 0) is 56.8 Å². The Morgan fingerprint density at radius 3 is 2.27 bits per heavy atom. The molecule has 0 amide bonds. The molecule has 0 saturated heterocycles. The first-order chi connectivity index (χ1) is 11.8. The summed E-state index contributed by atoms with van der Waals surface area (Å²) in [5.74, 6) is 1.02. The maximum atomic E-state index is 12.7. The van der Waals surface area contributed by atoms with Crippen LogP contribution in [0.2, 0.25) is 18.1 Å². The fourth-order valence-corrected chi connectivity index (χ4v) is 4.29. The van der Waals surface area contributed by atoms with E-state index < -0.39 is 19.7 Å². The van der Waals surface area contributed by atoms with Gasteiger partial charge in [-0.1, -0.05) is 27.7 Å². The van der Waals surface area contributed by atoms with Gasteiger partial charge in [-0.3, -0.25) is 4.98 Å². The van der Waals surface area contributed by atoms with Crippen LogP contribution in [-0.2, 0) is 15.8 Å². The molecule has 1 N–H and O–H groups in total. The molecule has 0 bridgehead atoms. The van der Waals surface area contributed by atoms with Crippen molar-refractivity contribution >= 4 is 31.4 Å². The fourth-order valence-electron chi connectivity index (χ4n) is 1.84. The monoisotopic (exact) mass is 416 g/mol. The molecular formula is C19H36N2O2S2Si. The quantitative estimate of drug-likeness (QED) is 0.353. The van der Waals surface area contributed by atoms with Gasteiger partial charge in [0.1, 0.15) is 10.8 Å². The van der Waals surface area contributed by atoms with E-state index in [1.54, 1.807) is 11.8 Å². The Hall–Kier alpha value is -0.0531. The van der Waals surface area contributed by atoms with E-state index in [2.05, 4.69) is 56.6 Å². The molecule has 0 saturated carbocycles. The van der Waals surface area contributed by atoms with Gasteiger partial charge in [-0.2, -0.15) is 0 Å². The zero-order valence-electron chi connectivity index (χ0n) is 17.8. The predicted octanol–water partition coefficient (Wildman–Crippen LogP) is 5.31. The molecular weight excluding hydrogens is 380 g/mol. The zero-order valence-corrected chi connectivity index (χ0v) is 20.4. The minimum Gasteiger partial charge on any atom is -0.598 e. The average Bonchev–Trinajstić information content (AvgIpc) is 2.50. The summed E-state index contributed by atoms with van der Waals surface area (Å²) >= 11 is 0.582. The lowest BCUT2D eigenvalue weighted by Gasteiger charge is -2.37. The molecule has 150 valence electrons. The normalized spacial score (nSPS) is 15.8. The van der Waals surface area contributed by atoms with Crippen molar-refractivity contribution in [1.82, 2.24) is 9.71 Å². The molecule has 7 heteroatoms. The topological polar surface area (TPSA) is 57.2 Å². The molecule has 0 aromatic carbocycles. The van der Waals surface area contributed by atoms with Gasteiger partial charge >= 0.3 is 0 Å². The number of nitrogens with one attached hydrogen (secondary N) is 1. The van der Waals surface area contributed by atoms with E-state index >= 15 is 0 Å². The number of rotatable bonds is 8. The summed E-state index contributed by atoms with van der Waals surface area (Å²) in [6.45, 7) is 19.7. The highest BCUT2D eigenvalue weighted by atomic mass is 32.2. The van der Waals surface area contributed by atoms with Crippen LogP contribution in [0.5, 0.6) is 0 Å². The molecule has 1 heterocycles. The van der Waals surface area contributed by atoms with E-state index in [4.69, 9.17) is 4.43 Å². The van der Waals surface area contributed by atoms with Crippen LogP contribution in [0.25, 0.3) is 0 Å². The maximum absolute atomic E-state index is 12.7. The van der Waals surface area contributed by atoms with Gasteiger partial charge in [0.05, 0.1) is 12.3 Å². The highest BCUT2D eigenvalue weighted by molar-refractivity contribution is 7.99. The van der Waals surface area contributed by atoms with Crippen molar-refractivity contribution in [2.45, 2.75) is 82.3 Å². The Labute approximate surface area is 168 Å². The van der Waals surface area contributed by atoms with Gasteiger partial charge in [0.2, 0.25) is 0 Å². The molecule has 1 aromatic rings. The van der Waals surface area contributed by atoms with Crippen LogP contribution in [0, 0.1) is 0 Å². The number of pyridine rings is 1. The second-order valence-electron chi connectivity index (χ2n) is 8.97. The number of hydrogen-bond donors (Lipinski definition) is 1. The highest BCUT2D eigenvalue weighted by Crippen LogP contribution is 2.37.